The van der Waals surface area contributed by atoms with Crippen LogP contribution in [0.5, 0.6) is 0 Å². The molecule has 11 nitrogen and oxygen atoms in total. The molecule has 3 N–H and O–H groups in total. The van der Waals surface area contributed by atoms with Crippen LogP contribution in [-0.2, 0) is 29.0 Å². The molecule has 278 valence electrons. The molecule has 1 aliphatic heterocycles. The number of likely N-dealkylation sites (tertiary alicyclic amines) is 1. The molecule has 3 saturated carbocycles. The van der Waals surface area contributed by atoms with Crippen molar-refractivity contribution in [2.75, 3.05) is 12.3 Å². The summed E-state index contributed by atoms with van der Waals surface area (Å²) in [6, 6.07) is -5.29. The third kappa shape index (κ3) is 8.87. The van der Waals surface area contributed by atoms with E-state index < -0.39 is 149 Å². The number of rotatable bonds is 14. The van der Waals surface area contributed by atoms with Crippen molar-refractivity contribution in [3.63, 3.8) is 0 Å². The topological polar surface area (TPSA) is 159 Å². The summed E-state index contributed by atoms with van der Waals surface area (Å²) in [6.45, 7) is -4.28. The fourth-order valence-corrected chi connectivity index (χ4v) is 7.77. The van der Waals surface area contributed by atoms with E-state index in [0.717, 1.165) is 4.90 Å². The highest BCUT2D eigenvalue weighted by molar-refractivity contribution is 7.92. The molecule has 0 aromatic carbocycles. The van der Waals surface area contributed by atoms with Crippen molar-refractivity contribution >= 4 is 39.2 Å². The van der Waals surface area contributed by atoms with Gasteiger partial charge in [0, 0.05) is 51.0 Å². The van der Waals surface area contributed by atoms with Crippen molar-refractivity contribution in [2.45, 2.75) is 161 Å². The van der Waals surface area contributed by atoms with Crippen molar-refractivity contribution < 1.29 is 58.4 Å². The molecule has 1 heterocycles. The number of hydrogen-bond acceptors (Lipinski definition) is 7. The number of ketones is 2. The lowest BCUT2D eigenvalue weighted by atomic mass is 9.83. The molecule has 49 heavy (non-hydrogen) atoms. The van der Waals surface area contributed by atoms with Crippen LogP contribution in [0.15, 0.2) is 0 Å². The summed E-state index contributed by atoms with van der Waals surface area (Å²) < 4.78 is 183. The zero-order chi connectivity index (χ0) is 53.2. The number of sulfone groups is 1. The zero-order valence-corrected chi connectivity index (χ0v) is 29.7. The third-order valence-electron chi connectivity index (χ3n) is 9.95. The first-order valence-corrected chi connectivity index (χ1v) is 18.2. The number of carbonyl (C=O) groups is 5. The van der Waals surface area contributed by atoms with Gasteiger partial charge in [-0.05, 0) is 75.2 Å². The highest BCUT2D eigenvalue weighted by atomic mass is 32.2. The summed E-state index contributed by atoms with van der Waals surface area (Å²) in [5.41, 5.74) is -6.48. The van der Waals surface area contributed by atoms with Gasteiger partial charge in [0.2, 0.25) is 11.7 Å². The minimum absolute atomic E-state index is 0.0945. The average Bonchev–Trinajstić information content (AvgIpc) is 3.98. The number of nitrogens with zero attached hydrogens (tertiary/aromatic N) is 1. The van der Waals surface area contributed by atoms with E-state index in [1.54, 1.807) is 5.32 Å². The predicted molar refractivity (Wildman–Crippen MR) is 189 cm³/mol. The fourth-order valence-electron chi connectivity index (χ4n) is 6.77. The van der Waals surface area contributed by atoms with Crippen LogP contribution in [-0.4, -0.2) is 83.4 Å². The first-order valence-electron chi connectivity index (χ1n) is 26.1. The monoisotopic (exact) mass is 726 g/mol. The Morgan fingerprint density at radius 3 is 2.20 bits per heavy atom. The van der Waals surface area contributed by atoms with Crippen molar-refractivity contribution in [3.8, 4) is 0 Å². The van der Waals surface area contributed by atoms with E-state index in [1.807, 2.05) is 20.8 Å². The number of piperidine rings is 1. The Morgan fingerprint density at radius 1 is 1.02 bits per heavy atom. The van der Waals surface area contributed by atoms with Crippen LogP contribution in [0.1, 0.15) is 159 Å². The van der Waals surface area contributed by atoms with Gasteiger partial charge in [-0.15, -0.1) is 0 Å². The second-order valence-corrected chi connectivity index (χ2v) is 17.5. The Bertz CT molecular complexity index is 2080. The van der Waals surface area contributed by atoms with Crippen LogP contribution in [0.4, 0.5) is 4.79 Å². The summed E-state index contributed by atoms with van der Waals surface area (Å²) in [5, 5.41) is 6.33. The minimum Gasteiger partial charge on any atom is -0.347 e. The van der Waals surface area contributed by atoms with E-state index in [9.17, 15) is 32.4 Å². The Kier molecular flexibility index (Phi) is 5.97. The predicted octanol–water partition coefficient (Wildman–Crippen LogP) is 4.71. The first kappa shape index (κ1) is 20.5. The van der Waals surface area contributed by atoms with Crippen LogP contribution in [0.3, 0.4) is 0 Å². The molecule has 0 spiro atoms. The third-order valence-corrected chi connectivity index (χ3v) is 11.7. The first-order chi connectivity index (χ1) is 30.1. The number of unbranched alkanes of at least 4 members (excludes halogenated alkanes) is 1. The van der Waals surface area contributed by atoms with Gasteiger partial charge in [0.15, 0.2) is 15.6 Å². The van der Waals surface area contributed by atoms with E-state index in [4.69, 9.17) is 26.0 Å². The molecule has 3 aliphatic carbocycles. The molecule has 4 aliphatic rings. The Labute approximate surface area is 320 Å². The van der Waals surface area contributed by atoms with E-state index in [0.29, 0.717) is 25.7 Å². The minimum atomic E-state index is -6.81. The number of Topliss-reactive ketones (excluding diaryl/α,β-unsaturated/α-hetero) is 2. The van der Waals surface area contributed by atoms with Gasteiger partial charge in [0.05, 0.1) is 22.1 Å². The van der Waals surface area contributed by atoms with Gasteiger partial charge in [0.25, 0.3) is 5.91 Å². The fraction of sp³-hybridized carbons (Fsp3) is 0.865. The lowest BCUT2D eigenvalue weighted by Crippen LogP contribution is -2.63. The van der Waals surface area contributed by atoms with Crippen LogP contribution >= 0.6 is 0 Å². The zero-order valence-electron chi connectivity index (χ0n) is 47.8. The van der Waals surface area contributed by atoms with Crippen molar-refractivity contribution in [2.24, 2.45) is 28.6 Å². The Balaban J connectivity index is 1.87. The van der Waals surface area contributed by atoms with Gasteiger partial charge in [-0.1, -0.05) is 73.5 Å². The molecular weight excluding hydrogens is 644 g/mol. The SMILES string of the molecule is [2H]C([2H])([2H])C(C([2H])([2H])[2H])(C([2H])([2H])[2H])S(=O)(=O)CC1(NC(=O)N[C@H](C(=O)N2C[C@H]3[C@@H]([C@H]2C(=O)C[C@@H](CCCC)C(=O)C(=O)NC2CC2)C3(C)C)C(C)(C)C)C([2H])([2H])C([2H])([2H])C([2H])([2H])C([2H])([2H])C1([2H])[2H]. The molecular formula is C37H62N4O7S. The molecule has 4 fully saturated rings. The number of amides is 4. The van der Waals surface area contributed by atoms with E-state index in [2.05, 4.69) is 10.6 Å². The van der Waals surface area contributed by atoms with E-state index in [-0.39, 0.29) is 24.9 Å². The van der Waals surface area contributed by atoms with Crippen LogP contribution in [0, 0.1) is 28.6 Å². The number of hydrogen-bond donors (Lipinski definition) is 3. The average molecular weight is 726 g/mol. The van der Waals surface area contributed by atoms with E-state index in [1.165, 1.54) is 20.8 Å². The van der Waals surface area contributed by atoms with Gasteiger partial charge in [-0.2, -0.15) is 0 Å². The summed E-state index contributed by atoms with van der Waals surface area (Å²) in [5.74, 6) is -7.92. The largest absolute Gasteiger partial charge is 0.347 e. The standard InChI is InChI=1S/C37H62N4O7S/c1-10-11-15-23(29(43)31(44)38-24-16-17-24)20-26(42)28-27-25(36(27,8)9)21-41(28)32(45)30(34(2,3)4)39-33(46)40-37(18-13-12-14-19-37)22-49(47,48)35(5,6)7/h23-25,27-28,30H,10-22H2,1-9H3,(H,38,44)(H2,39,40,46)/t23-,25+,27+,28-,30-/m1/s1/i5D3,6D3,7D3,12D2,13D2,14D2,18D2,19D2. The smallest absolute Gasteiger partial charge is 0.315 e. The molecule has 12 heteroatoms. The van der Waals surface area contributed by atoms with Gasteiger partial charge in [-0.25, -0.2) is 13.2 Å². The second-order valence-electron chi connectivity index (χ2n) is 15.4. The molecule has 0 aromatic rings. The molecule has 4 amide bonds. The molecule has 0 bridgehead atoms. The quantitative estimate of drug-likeness (QED) is 0.219. The highest BCUT2D eigenvalue weighted by Crippen LogP contribution is 2.65. The van der Waals surface area contributed by atoms with Crippen molar-refractivity contribution in [1.29, 1.82) is 0 Å². The van der Waals surface area contributed by atoms with Crippen molar-refractivity contribution in [3.05, 3.63) is 0 Å². The van der Waals surface area contributed by atoms with Crippen molar-refractivity contribution in [1.82, 2.24) is 20.9 Å². The maximum atomic E-state index is 14.9. The number of carbonyl (C=O) groups excluding carboxylic acids is 5. The Morgan fingerprint density at radius 2 is 1.65 bits per heavy atom. The molecule has 0 unspecified atom stereocenters. The molecule has 0 aromatic heterocycles. The van der Waals surface area contributed by atoms with Crippen LogP contribution in [0.2, 0.25) is 0 Å². The van der Waals surface area contributed by atoms with Gasteiger partial charge < -0.3 is 20.9 Å². The summed E-state index contributed by atoms with van der Waals surface area (Å²) in [7, 11) is -6.81. The van der Waals surface area contributed by atoms with Crippen LogP contribution in [0.25, 0.3) is 0 Å². The second kappa shape index (κ2) is 14.3. The lowest BCUT2D eigenvalue weighted by molar-refractivity contribution is -0.145. The highest BCUT2D eigenvalue weighted by Gasteiger charge is 2.69. The summed E-state index contributed by atoms with van der Waals surface area (Å²) in [6.07, 6.45) is -20.1. The molecule has 5 atom stereocenters. The van der Waals surface area contributed by atoms with Gasteiger partial charge >= 0.3 is 6.03 Å². The Hall–Kier alpha value is -2.50. The maximum Gasteiger partial charge on any atom is 0.315 e. The number of urea groups is 1. The van der Waals surface area contributed by atoms with Crippen LogP contribution < -0.4 is 16.0 Å². The summed E-state index contributed by atoms with van der Waals surface area (Å²) in [4.78, 5) is 71.2. The lowest BCUT2D eigenvalue weighted by Gasteiger charge is -2.41. The molecule has 0 radical (unpaired) electrons. The normalized spacial score (nSPS) is 37.5. The van der Waals surface area contributed by atoms with Gasteiger partial charge in [0.1, 0.15) is 6.04 Å². The summed E-state index contributed by atoms with van der Waals surface area (Å²) >= 11 is 0. The van der Waals surface area contributed by atoms with Gasteiger partial charge in [-0.3, -0.25) is 19.2 Å². The molecule has 1 saturated heterocycles. The maximum absolute atomic E-state index is 14.9. The van der Waals surface area contributed by atoms with E-state index >= 15 is 0 Å². The number of fused-ring (bicyclic) bond motifs is 1. The number of nitrogens with one attached hydrogen (secondary N) is 3. The molecule has 4 rings (SSSR count).